The molecule has 1 aromatic rings. The Bertz CT molecular complexity index is 583. The van der Waals surface area contributed by atoms with Crippen molar-refractivity contribution in [2.24, 2.45) is 0 Å². The molecule has 1 aliphatic heterocycles. The summed E-state index contributed by atoms with van der Waals surface area (Å²) < 4.78 is 25.8. The van der Waals surface area contributed by atoms with Gasteiger partial charge in [-0.15, -0.1) is 0 Å². The summed E-state index contributed by atoms with van der Waals surface area (Å²) in [5, 5.41) is 0.463. The van der Waals surface area contributed by atoms with E-state index in [1.165, 1.54) is 10.6 Å². The van der Waals surface area contributed by atoms with Crippen LogP contribution in [0.3, 0.4) is 0 Å². The first kappa shape index (κ1) is 13.2. The smallest absolute Gasteiger partial charge is 0.232 e. The molecule has 6 heteroatoms. The number of fused-ring (bicyclic) bond motifs is 1. The van der Waals surface area contributed by atoms with Crippen LogP contribution in [0.25, 0.3) is 0 Å². The second-order valence-electron chi connectivity index (χ2n) is 4.94. The minimum atomic E-state index is -3.29. The number of nitrogens with zero attached hydrogens (tertiary/aromatic N) is 1. The van der Waals surface area contributed by atoms with Gasteiger partial charge in [-0.2, -0.15) is 0 Å². The van der Waals surface area contributed by atoms with E-state index >= 15 is 0 Å². The highest BCUT2D eigenvalue weighted by Crippen LogP contribution is 2.46. The van der Waals surface area contributed by atoms with E-state index in [-0.39, 0.29) is 5.41 Å². The molecule has 3 nitrogen and oxygen atoms in total. The van der Waals surface area contributed by atoms with E-state index in [9.17, 15) is 8.42 Å². The summed E-state index contributed by atoms with van der Waals surface area (Å²) in [6.45, 7) is 4.46. The SMILES string of the molecule is CC1(C)CN(S(C)(=O)=O)c2c(Cl)cc(Br)cc21. The fraction of sp³-hybridized carbons (Fsp3) is 0.455. The maximum absolute atomic E-state index is 11.8. The molecule has 0 fully saturated rings. The van der Waals surface area contributed by atoms with Gasteiger partial charge in [-0.25, -0.2) is 8.42 Å². The maximum atomic E-state index is 11.8. The van der Waals surface area contributed by atoms with Crippen LogP contribution < -0.4 is 4.31 Å². The van der Waals surface area contributed by atoms with E-state index in [1.807, 2.05) is 19.9 Å². The highest BCUT2D eigenvalue weighted by molar-refractivity contribution is 9.10. The van der Waals surface area contributed by atoms with Gasteiger partial charge in [0.15, 0.2) is 0 Å². The molecular weight excluding hydrogens is 326 g/mol. The molecule has 0 amide bonds. The van der Waals surface area contributed by atoms with Crippen LogP contribution in [-0.2, 0) is 15.4 Å². The maximum Gasteiger partial charge on any atom is 0.232 e. The van der Waals surface area contributed by atoms with Gasteiger partial charge >= 0.3 is 0 Å². The first-order chi connectivity index (χ1) is 7.63. The number of sulfonamides is 1. The zero-order valence-electron chi connectivity index (χ0n) is 9.79. The highest BCUT2D eigenvalue weighted by atomic mass is 79.9. The fourth-order valence-electron chi connectivity index (χ4n) is 2.14. The van der Waals surface area contributed by atoms with Crippen molar-refractivity contribution >= 4 is 43.2 Å². The number of hydrogen-bond acceptors (Lipinski definition) is 2. The highest BCUT2D eigenvalue weighted by Gasteiger charge is 2.40. The van der Waals surface area contributed by atoms with E-state index in [0.717, 1.165) is 10.0 Å². The molecule has 0 bridgehead atoms. The minimum absolute atomic E-state index is 0.230. The third kappa shape index (κ3) is 2.20. The Morgan fingerprint density at radius 2 is 2.00 bits per heavy atom. The van der Waals surface area contributed by atoms with E-state index in [0.29, 0.717) is 17.3 Å². The molecule has 0 saturated carbocycles. The van der Waals surface area contributed by atoms with Crippen LogP contribution in [0.15, 0.2) is 16.6 Å². The van der Waals surface area contributed by atoms with E-state index < -0.39 is 10.0 Å². The summed E-state index contributed by atoms with van der Waals surface area (Å²) >= 11 is 9.55. The molecule has 17 heavy (non-hydrogen) atoms. The van der Waals surface area contributed by atoms with Gasteiger partial charge in [0, 0.05) is 16.4 Å². The quantitative estimate of drug-likeness (QED) is 0.789. The lowest BCUT2D eigenvalue weighted by Gasteiger charge is -2.20. The number of hydrogen-bond donors (Lipinski definition) is 0. The Labute approximate surface area is 115 Å². The lowest BCUT2D eigenvalue weighted by atomic mass is 9.87. The van der Waals surface area contributed by atoms with Gasteiger partial charge in [0.25, 0.3) is 0 Å². The molecule has 1 aromatic carbocycles. The second-order valence-corrected chi connectivity index (χ2v) is 8.17. The Balaban J connectivity index is 2.74. The van der Waals surface area contributed by atoms with Crippen LogP contribution in [0.2, 0.25) is 5.02 Å². The van der Waals surface area contributed by atoms with Crippen LogP contribution >= 0.6 is 27.5 Å². The third-order valence-electron chi connectivity index (χ3n) is 2.95. The van der Waals surface area contributed by atoms with Crippen molar-refractivity contribution in [3.8, 4) is 0 Å². The van der Waals surface area contributed by atoms with Gasteiger partial charge < -0.3 is 0 Å². The molecule has 1 heterocycles. The largest absolute Gasteiger partial charge is 0.268 e. The van der Waals surface area contributed by atoms with Crippen molar-refractivity contribution < 1.29 is 8.42 Å². The summed E-state index contributed by atoms with van der Waals surface area (Å²) in [5.74, 6) is 0. The Morgan fingerprint density at radius 3 is 2.53 bits per heavy atom. The molecule has 0 aliphatic carbocycles. The predicted molar refractivity (Wildman–Crippen MR) is 74.4 cm³/mol. The zero-order chi connectivity index (χ0) is 13.0. The summed E-state index contributed by atoms with van der Waals surface area (Å²) in [6, 6.07) is 3.66. The fourth-order valence-corrected chi connectivity index (χ4v) is 4.19. The van der Waals surface area contributed by atoms with Crippen LogP contribution in [0.1, 0.15) is 19.4 Å². The number of rotatable bonds is 1. The lowest BCUT2D eigenvalue weighted by Crippen LogP contribution is -2.33. The van der Waals surface area contributed by atoms with E-state index in [1.54, 1.807) is 6.07 Å². The summed E-state index contributed by atoms with van der Waals surface area (Å²) in [5.41, 5.74) is 1.34. The molecule has 1 aliphatic rings. The number of halogens is 2. The summed E-state index contributed by atoms with van der Waals surface area (Å²) in [4.78, 5) is 0. The average Bonchev–Trinajstić information content (AvgIpc) is 2.38. The van der Waals surface area contributed by atoms with Crippen molar-refractivity contribution in [3.63, 3.8) is 0 Å². The molecule has 2 rings (SSSR count). The normalized spacial score (nSPS) is 18.3. The molecule has 0 aromatic heterocycles. The zero-order valence-corrected chi connectivity index (χ0v) is 12.9. The van der Waals surface area contributed by atoms with Crippen LogP contribution in [0, 0.1) is 0 Å². The molecule has 0 atom stereocenters. The van der Waals surface area contributed by atoms with Gasteiger partial charge in [-0.3, -0.25) is 4.31 Å². The van der Waals surface area contributed by atoms with Gasteiger partial charge in [0.2, 0.25) is 10.0 Å². The van der Waals surface area contributed by atoms with E-state index in [2.05, 4.69) is 15.9 Å². The van der Waals surface area contributed by atoms with Crippen LogP contribution in [-0.4, -0.2) is 21.2 Å². The number of anilines is 1. The van der Waals surface area contributed by atoms with Gasteiger partial charge in [-0.05, 0) is 17.7 Å². The molecule has 0 N–H and O–H groups in total. The second kappa shape index (κ2) is 3.87. The Morgan fingerprint density at radius 1 is 1.41 bits per heavy atom. The van der Waals surface area contributed by atoms with Crippen molar-refractivity contribution in [2.45, 2.75) is 19.3 Å². The van der Waals surface area contributed by atoms with Crippen molar-refractivity contribution in [1.82, 2.24) is 0 Å². The molecular formula is C11H13BrClNO2S. The van der Waals surface area contributed by atoms with Crippen LogP contribution in [0.4, 0.5) is 5.69 Å². The molecule has 0 saturated heterocycles. The first-order valence-corrected chi connectivity index (χ1v) is 8.12. The van der Waals surface area contributed by atoms with Crippen molar-refractivity contribution in [1.29, 1.82) is 0 Å². The molecule has 0 spiro atoms. The lowest BCUT2D eigenvalue weighted by molar-refractivity contribution is 0.557. The summed E-state index contributed by atoms with van der Waals surface area (Å²) in [6.07, 6.45) is 1.20. The average molecular weight is 339 g/mol. The third-order valence-corrected chi connectivity index (χ3v) is 4.80. The molecule has 94 valence electrons. The standard InChI is InChI=1S/C11H13BrClNO2S/c1-11(2)6-14(17(3,15)16)10-8(11)4-7(12)5-9(10)13/h4-5H,6H2,1-3H3. The van der Waals surface area contributed by atoms with Crippen LogP contribution in [0.5, 0.6) is 0 Å². The van der Waals surface area contributed by atoms with Crippen molar-refractivity contribution in [2.75, 3.05) is 17.1 Å². The van der Waals surface area contributed by atoms with Crippen molar-refractivity contribution in [3.05, 3.63) is 27.2 Å². The number of benzene rings is 1. The van der Waals surface area contributed by atoms with Gasteiger partial charge in [0.05, 0.1) is 17.0 Å². The van der Waals surface area contributed by atoms with E-state index in [4.69, 9.17) is 11.6 Å². The first-order valence-electron chi connectivity index (χ1n) is 5.10. The summed E-state index contributed by atoms with van der Waals surface area (Å²) in [7, 11) is -3.29. The molecule has 0 unspecified atom stereocenters. The monoisotopic (exact) mass is 337 g/mol. The topological polar surface area (TPSA) is 37.4 Å². The van der Waals surface area contributed by atoms with Gasteiger partial charge in [0.1, 0.15) is 0 Å². The predicted octanol–water partition coefficient (Wildman–Crippen LogP) is 3.16. The molecule has 0 radical (unpaired) electrons. The minimum Gasteiger partial charge on any atom is -0.268 e. The Kier molecular flexibility index (Phi) is 3.00. The Hall–Kier alpha value is -0.260. The van der Waals surface area contributed by atoms with Gasteiger partial charge in [-0.1, -0.05) is 41.4 Å².